The summed E-state index contributed by atoms with van der Waals surface area (Å²) in [6.45, 7) is 4.19. The summed E-state index contributed by atoms with van der Waals surface area (Å²) in [4.78, 5) is 11.9. The molecule has 0 spiro atoms. The molecule has 0 amide bonds. The minimum Gasteiger partial charge on any atom is -0.340 e. The third-order valence-corrected chi connectivity index (χ3v) is 3.97. The number of benzene rings is 1. The van der Waals surface area contributed by atoms with E-state index in [9.17, 15) is 0 Å². The zero-order valence-electron chi connectivity index (χ0n) is 11.2. The maximum atomic E-state index is 5.96. The topological polar surface area (TPSA) is 41.6 Å². The number of nitrogens with one attached hydrogen (secondary N) is 1. The Labute approximate surface area is 127 Å². The summed E-state index contributed by atoms with van der Waals surface area (Å²) in [6, 6.07) is 8.17. The molecule has 0 saturated carbocycles. The molecular formula is C15H13Cl2N3. The lowest BCUT2D eigenvalue weighted by molar-refractivity contribution is 1.02. The molecule has 0 aliphatic heterocycles. The van der Waals surface area contributed by atoms with Crippen molar-refractivity contribution in [2.45, 2.75) is 20.3 Å². The normalized spacial score (nSPS) is 11.2. The first-order valence-corrected chi connectivity index (χ1v) is 7.05. The van der Waals surface area contributed by atoms with E-state index in [1.165, 1.54) is 16.7 Å². The number of fused-ring (bicyclic) bond motifs is 1. The van der Waals surface area contributed by atoms with Gasteiger partial charge in [-0.2, -0.15) is 0 Å². The molecule has 1 N–H and O–H groups in total. The second-order valence-electron chi connectivity index (χ2n) is 4.92. The molecule has 3 aromatic rings. The molecule has 1 aromatic carbocycles. The van der Waals surface area contributed by atoms with Crippen molar-refractivity contribution in [2.75, 3.05) is 0 Å². The monoisotopic (exact) mass is 305 g/mol. The molecule has 2 heterocycles. The lowest BCUT2D eigenvalue weighted by Crippen LogP contribution is -1.94. The second kappa shape index (κ2) is 5.08. The molecule has 5 heteroatoms. The maximum Gasteiger partial charge on any atom is 0.179 e. The number of aryl methyl sites for hydroxylation is 2. The van der Waals surface area contributed by atoms with Crippen molar-refractivity contribution in [1.82, 2.24) is 15.0 Å². The van der Waals surface area contributed by atoms with Gasteiger partial charge in [0.15, 0.2) is 5.65 Å². The highest BCUT2D eigenvalue weighted by molar-refractivity contribution is 6.41. The quantitative estimate of drug-likeness (QED) is 0.710. The summed E-state index contributed by atoms with van der Waals surface area (Å²) in [5, 5.41) is 0.713. The van der Waals surface area contributed by atoms with Gasteiger partial charge in [-0.15, -0.1) is 0 Å². The van der Waals surface area contributed by atoms with Gasteiger partial charge in [-0.05, 0) is 31.0 Å². The van der Waals surface area contributed by atoms with Gasteiger partial charge in [-0.3, -0.25) is 0 Å². The van der Waals surface area contributed by atoms with Crippen LogP contribution in [0.15, 0.2) is 24.3 Å². The Kier molecular flexibility index (Phi) is 3.40. The van der Waals surface area contributed by atoms with Crippen molar-refractivity contribution < 1.29 is 0 Å². The smallest absolute Gasteiger partial charge is 0.179 e. The first kappa shape index (κ1) is 13.4. The number of halogens is 2. The van der Waals surface area contributed by atoms with Gasteiger partial charge in [0.1, 0.15) is 11.0 Å². The molecule has 0 atom stereocenters. The third-order valence-electron chi connectivity index (χ3n) is 3.30. The molecule has 3 rings (SSSR count). The molecule has 0 saturated heterocycles. The van der Waals surface area contributed by atoms with Crippen LogP contribution in [0.5, 0.6) is 0 Å². The molecule has 0 radical (unpaired) electrons. The molecule has 102 valence electrons. The van der Waals surface area contributed by atoms with Gasteiger partial charge in [0, 0.05) is 6.42 Å². The summed E-state index contributed by atoms with van der Waals surface area (Å²) >= 11 is 11.9. The van der Waals surface area contributed by atoms with E-state index in [1.54, 1.807) is 6.07 Å². The van der Waals surface area contributed by atoms with Crippen LogP contribution in [0.25, 0.3) is 11.2 Å². The van der Waals surface area contributed by atoms with Gasteiger partial charge in [0.05, 0.1) is 10.5 Å². The molecule has 0 fully saturated rings. The van der Waals surface area contributed by atoms with Gasteiger partial charge in [-0.1, -0.05) is 47.0 Å². The largest absolute Gasteiger partial charge is 0.340 e. The number of rotatable bonds is 2. The van der Waals surface area contributed by atoms with Crippen LogP contribution in [0.4, 0.5) is 0 Å². The zero-order chi connectivity index (χ0) is 14.3. The van der Waals surface area contributed by atoms with Gasteiger partial charge < -0.3 is 4.98 Å². The third kappa shape index (κ3) is 2.51. The fourth-order valence-corrected chi connectivity index (χ4v) is 2.49. The second-order valence-corrected chi connectivity index (χ2v) is 5.69. The summed E-state index contributed by atoms with van der Waals surface area (Å²) in [6.07, 6.45) is 0.735. The molecule has 0 unspecified atom stereocenters. The van der Waals surface area contributed by atoms with E-state index in [2.05, 4.69) is 47.0 Å². The fourth-order valence-electron chi connectivity index (χ4n) is 2.20. The van der Waals surface area contributed by atoms with Crippen molar-refractivity contribution in [1.29, 1.82) is 0 Å². The molecule has 0 bridgehead atoms. The molecule has 0 aliphatic carbocycles. The minimum atomic E-state index is 0.281. The average Bonchev–Trinajstić information content (AvgIpc) is 2.76. The Hall–Kier alpha value is -1.58. The standard InChI is InChI=1S/C15H13Cl2N3/c1-8-3-4-9(2)10(5-8)6-13-18-12-7-11(16)14(17)20-15(12)19-13/h3-5,7H,6H2,1-2H3,(H,18,19,20). The Bertz CT molecular complexity index is 754. The molecule has 20 heavy (non-hydrogen) atoms. The van der Waals surface area contributed by atoms with Crippen molar-refractivity contribution in [3.05, 3.63) is 57.0 Å². The molecule has 2 aromatic heterocycles. The maximum absolute atomic E-state index is 5.96. The fraction of sp³-hybridized carbons (Fsp3) is 0.200. The van der Waals surface area contributed by atoms with Crippen LogP contribution in [0, 0.1) is 13.8 Å². The lowest BCUT2D eigenvalue weighted by atomic mass is 10.0. The molecule has 0 aliphatic rings. The lowest BCUT2D eigenvalue weighted by Gasteiger charge is -2.04. The van der Waals surface area contributed by atoms with Gasteiger partial charge >= 0.3 is 0 Å². The molecule has 3 nitrogen and oxygen atoms in total. The predicted octanol–water partition coefficient (Wildman–Crippen LogP) is 4.47. The summed E-state index contributed by atoms with van der Waals surface area (Å²) in [5.41, 5.74) is 5.15. The van der Waals surface area contributed by atoms with Crippen LogP contribution in [0.1, 0.15) is 22.5 Å². The summed E-state index contributed by atoms with van der Waals surface area (Å²) in [7, 11) is 0. The Morgan fingerprint density at radius 1 is 1.10 bits per heavy atom. The number of aromatic nitrogens is 3. The summed E-state index contributed by atoms with van der Waals surface area (Å²) in [5.74, 6) is 0.861. The van der Waals surface area contributed by atoms with Gasteiger partial charge in [-0.25, -0.2) is 9.97 Å². The van der Waals surface area contributed by atoms with Crippen molar-refractivity contribution in [3.8, 4) is 0 Å². The SMILES string of the molecule is Cc1ccc(C)c(Cc2nc3nc(Cl)c(Cl)cc3[nH]2)c1. The zero-order valence-corrected chi connectivity index (χ0v) is 12.7. The first-order valence-electron chi connectivity index (χ1n) is 6.29. The minimum absolute atomic E-state index is 0.281. The van der Waals surface area contributed by atoms with Crippen LogP contribution in [0.2, 0.25) is 10.2 Å². The van der Waals surface area contributed by atoms with E-state index >= 15 is 0 Å². The van der Waals surface area contributed by atoms with E-state index < -0.39 is 0 Å². The van der Waals surface area contributed by atoms with Crippen LogP contribution < -0.4 is 0 Å². The highest BCUT2D eigenvalue weighted by Crippen LogP contribution is 2.24. The highest BCUT2D eigenvalue weighted by Gasteiger charge is 2.09. The van der Waals surface area contributed by atoms with E-state index in [4.69, 9.17) is 23.2 Å². The number of hydrogen-bond acceptors (Lipinski definition) is 2. The van der Waals surface area contributed by atoms with Crippen LogP contribution in [0.3, 0.4) is 0 Å². The number of pyridine rings is 1. The summed E-state index contributed by atoms with van der Waals surface area (Å²) < 4.78 is 0. The van der Waals surface area contributed by atoms with Gasteiger partial charge in [0.25, 0.3) is 0 Å². The van der Waals surface area contributed by atoms with E-state index in [1.807, 2.05) is 0 Å². The van der Waals surface area contributed by atoms with E-state index in [0.717, 1.165) is 17.8 Å². The average molecular weight is 306 g/mol. The number of imidazole rings is 1. The first-order chi connectivity index (χ1) is 9.52. The predicted molar refractivity (Wildman–Crippen MR) is 82.6 cm³/mol. The van der Waals surface area contributed by atoms with E-state index in [-0.39, 0.29) is 5.15 Å². The number of H-pyrrole nitrogens is 1. The molecular weight excluding hydrogens is 293 g/mol. The number of aromatic amines is 1. The van der Waals surface area contributed by atoms with Crippen molar-refractivity contribution in [3.63, 3.8) is 0 Å². The van der Waals surface area contributed by atoms with Crippen LogP contribution in [-0.2, 0) is 6.42 Å². The Balaban J connectivity index is 2.00. The van der Waals surface area contributed by atoms with E-state index in [0.29, 0.717) is 10.7 Å². The Morgan fingerprint density at radius 3 is 2.70 bits per heavy atom. The Morgan fingerprint density at radius 2 is 1.90 bits per heavy atom. The van der Waals surface area contributed by atoms with Gasteiger partial charge in [0.2, 0.25) is 0 Å². The van der Waals surface area contributed by atoms with Crippen LogP contribution in [-0.4, -0.2) is 15.0 Å². The highest BCUT2D eigenvalue weighted by atomic mass is 35.5. The van der Waals surface area contributed by atoms with Crippen LogP contribution >= 0.6 is 23.2 Å². The number of nitrogens with zero attached hydrogens (tertiary/aromatic N) is 2. The number of hydrogen-bond donors (Lipinski definition) is 1. The van der Waals surface area contributed by atoms with Crippen molar-refractivity contribution in [2.24, 2.45) is 0 Å². The van der Waals surface area contributed by atoms with Crippen molar-refractivity contribution >= 4 is 34.4 Å².